The van der Waals surface area contributed by atoms with E-state index >= 15 is 0 Å². The molecule has 1 aromatic carbocycles. The Balaban J connectivity index is 1.87. The van der Waals surface area contributed by atoms with Crippen LogP contribution < -0.4 is 10.6 Å². The molecule has 1 aliphatic rings. The maximum atomic E-state index is 11.8. The number of fused-ring (bicyclic) bond motifs is 1. The first-order chi connectivity index (χ1) is 10.2. The Labute approximate surface area is 124 Å². The highest BCUT2D eigenvalue weighted by atomic mass is 16.2. The van der Waals surface area contributed by atoms with Crippen molar-refractivity contribution in [1.82, 2.24) is 9.88 Å². The molecule has 0 aliphatic carbocycles. The van der Waals surface area contributed by atoms with E-state index < -0.39 is 0 Å². The summed E-state index contributed by atoms with van der Waals surface area (Å²) in [7, 11) is 0. The SMILES string of the molecule is CC1CN(c2cccc3cnccc23)CCN1C(=O)CN. The van der Waals surface area contributed by atoms with Crippen LogP contribution in [0.25, 0.3) is 10.8 Å². The lowest BCUT2D eigenvalue weighted by atomic mass is 10.1. The molecule has 1 aromatic heterocycles. The fourth-order valence-electron chi connectivity index (χ4n) is 3.05. The lowest BCUT2D eigenvalue weighted by molar-refractivity contribution is -0.132. The second-order valence-electron chi connectivity index (χ2n) is 5.46. The largest absolute Gasteiger partial charge is 0.367 e. The molecule has 1 amide bonds. The fourth-order valence-corrected chi connectivity index (χ4v) is 3.05. The van der Waals surface area contributed by atoms with Crippen molar-refractivity contribution in [2.75, 3.05) is 31.1 Å². The summed E-state index contributed by atoms with van der Waals surface area (Å²) in [5, 5.41) is 2.35. The van der Waals surface area contributed by atoms with Gasteiger partial charge in [0.05, 0.1) is 6.54 Å². The average Bonchev–Trinajstić information content (AvgIpc) is 2.53. The molecular formula is C16H20N4O. The summed E-state index contributed by atoms with van der Waals surface area (Å²) < 4.78 is 0. The topological polar surface area (TPSA) is 62.5 Å². The van der Waals surface area contributed by atoms with Crippen molar-refractivity contribution in [1.29, 1.82) is 0 Å². The molecule has 5 heteroatoms. The first kappa shape index (κ1) is 13.8. The van der Waals surface area contributed by atoms with Crippen molar-refractivity contribution >= 4 is 22.4 Å². The maximum Gasteiger partial charge on any atom is 0.236 e. The second kappa shape index (κ2) is 5.69. The van der Waals surface area contributed by atoms with Crippen LogP contribution in [0.1, 0.15) is 6.92 Å². The van der Waals surface area contributed by atoms with Gasteiger partial charge in [-0.3, -0.25) is 9.78 Å². The number of carbonyl (C=O) groups is 1. The Morgan fingerprint density at radius 3 is 3.00 bits per heavy atom. The van der Waals surface area contributed by atoms with E-state index in [-0.39, 0.29) is 18.5 Å². The standard InChI is InChI=1S/C16H20N4O/c1-12-11-19(7-8-20(12)16(21)9-17)15-4-2-3-13-10-18-6-5-14(13)15/h2-6,10,12H,7-9,11,17H2,1H3. The van der Waals surface area contributed by atoms with E-state index in [9.17, 15) is 4.79 Å². The quantitative estimate of drug-likeness (QED) is 0.901. The number of aromatic nitrogens is 1. The van der Waals surface area contributed by atoms with Crippen LogP contribution in [0.15, 0.2) is 36.7 Å². The van der Waals surface area contributed by atoms with Crippen LogP contribution >= 0.6 is 0 Å². The molecule has 1 unspecified atom stereocenters. The van der Waals surface area contributed by atoms with Gasteiger partial charge < -0.3 is 15.5 Å². The van der Waals surface area contributed by atoms with Crippen LogP contribution in [0.3, 0.4) is 0 Å². The minimum absolute atomic E-state index is 0.0317. The molecule has 1 aliphatic heterocycles. The van der Waals surface area contributed by atoms with Crippen LogP contribution in [0, 0.1) is 0 Å². The highest BCUT2D eigenvalue weighted by molar-refractivity contribution is 5.93. The van der Waals surface area contributed by atoms with Crippen LogP contribution in [-0.2, 0) is 4.79 Å². The van der Waals surface area contributed by atoms with E-state index in [1.54, 1.807) is 0 Å². The zero-order valence-corrected chi connectivity index (χ0v) is 12.2. The molecule has 0 spiro atoms. The Hall–Kier alpha value is -2.14. The lowest BCUT2D eigenvalue weighted by Crippen LogP contribution is -2.55. The minimum Gasteiger partial charge on any atom is -0.367 e. The molecule has 2 N–H and O–H groups in total. The first-order valence-electron chi connectivity index (χ1n) is 7.28. The molecule has 0 radical (unpaired) electrons. The number of rotatable bonds is 2. The predicted octanol–water partition coefficient (Wildman–Crippen LogP) is 1.23. The van der Waals surface area contributed by atoms with Gasteiger partial charge in [-0.2, -0.15) is 0 Å². The number of hydrogen-bond donors (Lipinski definition) is 1. The number of nitrogens with two attached hydrogens (primary N) is 1. The monoisotopic (exact) mass is 284 g/mol. The van der Waals surface area contributed by atoms with Gasteiger partial charge in [0, 0.05) is 54.5 Å². The summed E-state index contributed by atoms with van der Waals surface area (Å²) in [5.74, 6) is 0.0317. The summed E-state index contributed by atoms with van der Waals surface area (Å²) >= 11 is 0. The van der Waals surface area contributed by atoms with Crippen LogP contribution in [0.2, 0.25) is 0 Å². The van der Waals surface area contributed by atoms with Gasteiger partial charge in [-0.25, -0.2) is 0 Å². The van der Waals surface area contributed by atoms with E-state index in [0.717, 1.165) is 25.0 Å². The van der Waals surface area contributed by atoms with E-state index in [4.69, 9.17) is 5.73 Å². The number of piperazine rings is 1. The average molecular weight is 284 g/mol. The van der Waals surface area contributed by atoms with Crippen molar-refractivity contribution in [3.8, 4) is 0 Å². The summed E-state index contributed by atoms with van der Waals surface area (Å²) in [5.41, 5.74) is 6.68. The van der Waals surface area contributed by atoms with Gasteiger partial charge in [-0.1, -0.05) is 12.1 Å². The first-order valence-corrected chi connectivity index (χ1v) is 7.28. The van der Waals surface area contributed by atoms with Gasteiger partial charge in [0.1, 0.15) is 0 Å². The number of hydrogen-bond acceptors (Lipinski definition) is 4. The van der Waals surface area contributed by atoms with Gasteiger partial charge in [0.2, 0.25) is 5.91 Å². The summed E-state index contributed by atoms with van der Waals surface area (Å²) in [6.07, 6.45) is 3.71. The molecule has 3 rings (SSSR count). The van der Waals surface area contributed by atoms with E-state index in [0.29, 0.717) is 0 Å². The molecule has 21 heavy (non-hydrogen) atoms. The second-order valence-corrected chi connectivity index (χ2v) is 5.46. The zero-order valence-electron chi connectivity index (χ0n) is 12.2. The van der Waals surface area contributed by atoms with Crippen molar-refractivity contribution in [2.24, 2.45) is 5.73 Å². The molecule has 5 nitrogen and oxygen atoms in total. The highest BCUT2D eigenvalue weighted by Crippen LogP contribution is 2.27. The van der Waals surface area contributed by atoms with Gasteiger partial charge >= 0.3 is 0 Å². The smallest absolute Gasteiger partial charge is 0.236 e. The molecule has 0 bridgehead atoms. The molecule has 110 valence electrons. The molecule has 1 fully saturated rings. The predicted molar refractivity (Wildman–Crippen MR) is 84.2 cm³/mol. The highest BCUT2D eigenvalue weighted by Gasteiger charge is 2.27. The van der Waals surface area contributed by atoms with E-state index in [1.165, 1.54) is 11.1 Å². The number of benzene rings is 1. The van der Waals surface area contributed by atoms with E-state index in [2.05, 4.69) is 35.0 Å². The van der Waals surface area contributed by atoms with Gasteiger partial charge in [-0.15, -0.1) is 0 Å². The molecule has 1 saturated heterocycles. The molecule has 0 saturated carbocycles. The number of amides is 1. The lowest BCUT2D eigenvalue weighted by Gasteiger charge is -2.41. The minimum atomic E-state index is 0.0317. The third kappa shape index (κ3) is 2.56. The Bertz CT molecular complexity index is 652. The number of pyridine rings is 1. The summed E-state index contributed by atoms with van der Waals surface area (Å²) in [6, 6.07) is 8.49. The number of anilines is 1. The Morgan fingerprint density at radius 2 is 2.24 bits per heavy atom. The summed E-state index contributed by atoms with van der Waals surface area (Å²) in [6.45, 7) is 4.54. The fraction of sp³-hybridized carbons (Fsp3) is 0.375. The Morgan fingerprint density at radius 1 is 1.38 bits per heavy atom. The third-order valence-corrected chi connectivity index (χ3v) is 4.12. The van der Waals surface area contributed by atoms with Crippen LogP contribution in [-0.4, -0.2) is 48.0 Å². The molecular weight excluding hydrogens is 264 g/mol. The summed E-state index contributed by atoms with van der Waals surface area (Å²) in [4.78, 5) is 20.2. The van der Waals surface area contributed by atoms with Gasteiger partial charge in [-0.05, 0) is 19.1 Å². The van der Waals surface area contributed by atoms with Crippen molar-refractivity contribution in [2.45, 2.75) is 13.0 Å². The molecule has 2 heterocycles. The van der Waals surface area contributed by atoms with Crippen molar-refractivity contribution in [3.05, 3.63) is 36.7 Å². The molecule has 1 atom stereocenters. The van der Waals surface area contributed by atoms with Gasteiger partial charge in [0.15, 0.2) is 0 Å². The Kier molecular flexibility index (Phi) is 3.75. The maximum absolute atomic E-state index is 11.8. The number of carbonyl (C=O) groups excluding carboxylic acids is 1. The van der Waals surface area contributed by atoms with E-state index in [1.807, 2.05) is 23.4 Å². The van der Waals surface area contributed by atoms with Crippen LogP contribution in [0.5, 0.6) is 0 Å². The third-order valence-electron chi connectivity index (χ3n) is 4.12. The van der Waals surface area contributed by atoms with Crippen molar-refractivity contribution < 1.29 is 4.79 Å². The van der Waals surface area contributed by atoms with Gasteiger partial charge in [0.25, 0.3) is 0 Å². The molecule has 2 aromatic rings. The van der Waals surface area contributed by atoms with Crippen LogP contribution in [0.4, 0.5) is 5.69 Å². The number of nitrogens with zero attached hydrogens (tertiary/aromatic N) is 3. The van der Waals surface area contributed by atoms with Crippen molar-refractivity contribution in [3.63, 3.8) is 0 Å². The zero-order chi connectivity index (χ0) is 14.8. The normalized spacial score (nSPS) is 19.0.